The Labute approximate surface area is 179 Å². The molecule has 0 radical (unpaired) electrons. The van der Waals surface area contributed by atoms with E-state index in [0.29, 0.717) is 17.1 Å². The van der Waals surface area contributed by atoms with E-state index in [0.717, 1.165) is 43.3 Å². The van der Waals surface area contributed by atoms with Gasteiger partial charge in [-0.3, -0.25) is 4.79 Å². The Morgan fingerprint density at radius 2 is 2.03 bits per heavy atom. The SMILES string of the molecule is Cc1ccc(-n2nc(C3CCOCC3)cc2NCC(=O)c2cnn3cccnc23)cc1. The van der Waals surface area contributed by atoms with E-state index in [1.807, 2.05) is 16.8 Å². The van der Waals surface area contributed by atoms with Gasteiger partial charge in [0.25, 0.3) is 0 Å². The van der Waals surface area contributed by atoms with Gasteiger partial charge in [0.1, 0.15) is 5.82 Å². The van der Waals surface area contributed by atoms with Crippen LogP contribution in [0.5, 0.6) is 0 Å². The number of aryl methyl sites for hydroxylation is 1. The summed E-state index contributed by atoms with van der Waals surface area (Å²) in [5, 5.41) is 12.4. The first-order chi connectivity index (χ1) is 15.2. The standard InChI is InChI=1S/C23H24N6O2/c1-16-3-5-18(6-4-16)29-22(13-20(27-29)17-7-11-31-12-8-17)25-15-21(30)19-14-26-28-10-2-9-24-23(19)28/h2-6,9-10,13-14,17,25H,7-8,11-12,15H2,1H3. The van der Waals surface area contributed by atoms with E-state index in [9.17, 15) is 4.79 Å². The van der Waals surface area contributed by atoms with Crippen LogP contribution in [0.4, 0.5) is 5.82 Å². The van der Waals surface area contributed by atoms with E-state index in [4.69, 9.17) is 9.84 Å². The molecule has 0 spiro atoms. The van der Waals surface area contributed by atoms with Crippen molar-refractivity contribution in [2.24, 2.45) is 0 Å². The summed E-state index contributed by atoms with van der Waals surface area (Å²) in [6, 6.07) is 12.0. The molecule has 1 fully saturated rings. The molecule has 31 heavy (non-hydrogen) atoms. The van der Waals surface area contributed by atoms with Gasteiger partial charge in [-0.15, -0.1) is 0 Å². The zero-order valence-electron chi connectivity index (χ0n) is 17.4. The first kappa shape index (κ1) is 19.4. The molecule has 1 N–H and O–H groups in total. The Morgan fingerprint density at radius 3 is 2.84 bits per heavy atom. The quantitative estimate of drug-likeness (QED) is 0.485. The summed E-state index contributed by atoms with van der Waals surface area (Å²) in [5.74, 6) is 1.08. The van der Waals surface area contributed by atoms with Crippen molar-refractivity contribution in [2.75, 3.05) is 25.1 Å². The van der Waals surface area contributed by atoms with E-state index >= 15 is 0 Å². The van der Waals surface area contributed by atoms with E-state index in [1.165, 1.54) is 5.56 Å². The van der Waals surface area contributed by atoms with Crippen molar-refractivity contribution in [3.05, 3.63) is 71.8 Å². The van der Waals surface area contributed by atoms with Crippen LogP contribution in [-0.2, 0) is 4.74 Å². The Hall–Kier alpha value is -3.52. The largest absolute Gasteiger partial charge is 0.381 e. The highest BCUT2D eigenvalue weighted by Crippen LogP contribution is 2.29. The second-order valence-electron chi connectivity index (χ2n) is 7.81. The second-order valence-corrected chi connectivity index (χ2v) is 7.81. The number of ether oxygens (including phenoxy) is 1. The third-order valence-corrected chi connectivity index (χ3v) is 5.66. The number of ketones is 1. The van der Waals surface area contributed by atoms with Gasteiger partial charge in [0.05, 0.1) is 29.7 Å². The van der Waals surface area contributed by atoms with Gasteiger partial charge >= 0.3 is 0 Å². The molecule has 3 aromatic heterocycles. The Kier molecular flexibility index (Phi) is 5.21. The number of rotatable bonds is 6. The molecule has 8 nitrogen and oxygen atoms in total. The van der Waals surface area contributed by atoms with Crippen LogP contribution in [0.3, 0.4) is 0 Å². The fourth-order valence-electron chi connectivity index (χ4n) is 3.89. The van der Waals surface area contributed by atoms with Crippen molar-refractivity contribution >= 4 is 17.2 Å². The number of aromatic nitrogens is 5. The molecule has 0 bridgehead atoms. The molecule has 4 heterocycles. The van der Waals surface area contributed by atoms with E-state index in [-0.39, 0.29) is 12.3 Å². The van der Waals surface area contributed by atoms with Gasteiger partial charge in [-0.2, -0.15) is 10.2 Å². The number of anilines is 1. The molecule has 1 aliphatic rings. The molecular weight excluding hydrogens is 392 g/mol. The maximum Gasteiger partial charge on any atom is 0.187 e. The van der Waals surface area contributed by atoms with Gasteiger partial charge in [0.15, 0.2) is 11.4 Å². The molecule has 0 atom stereocenters. The molecule has 1 aromatic carbocycles. The number of hydrogen-bond acceptors (Lipinski definition) is 6. The van der Waals surface area contributed by atoms with Gasteiger partial charge in [-0.25, -0.2) is 14.2 Å². The third-order valence-electron chi connectivity index (χ3n) is 5.66. The van der Waals surface area contributed by atoms with Crippen LogP contribution in [0.1, 0.15) is 40.4 Å². The lowest BCUT2D eigenvalue weighted by molar-refractivity contribution is 0.0844. The predicted molar refractivity (Wildman–Crippen MR) is 117 cm³/mol. The van der Waals surface area contributed by atoms with E-state index < -0.39 is 0 Å². The fraction of sp³-hybridized carbons (Fsp3) is 0.304. The summed E-state index contributed by atoms with van der Waals surface area (Å²) in [7, 11) is 0. The third kappa shape index (κ3) is 3.94. The normalized spacial score (nSPS) is 14.7. The van der Waals surface area contributed by atoms with Crippen molar-refractivity contribution in [3.8, 4) is 5.69 Å². The molecule has 158 valence electrons. The highest BCUT2D eigenvalue weighted by Gasteiger charge is 2.22. The highest BCUT2D eigenvalue weighted by atomic mass is 16.5. The number of carbonyl (C=O) groups excluding carboxylic acids is 1. The smallest absolute Gasteiger partial charge is 0.187 e. The lowest BCUT2D eigenvalue weighted by atomic mass is 9.97. The lowest BCUT2D eigenvalue weighted by Gasteiger charge is -2.19. The fourth-order valence-corrected chi connectivity index (χ4v) is 3.89. The van der Waals surface area contributed by atoms with Crippen molar-refractivity contribution < 1.29 is 9.53 Å². The summed E-state index contributed by atoms with van der Waals surface area (Å²) >= 11 is 0. The molecule has 1 aliphatic heterocycles. The number of nitrogens with zero attached hydrogens (tertiary/aromatic N) is 5. The first-order valence-electron chi connectivity index (χ1n) is 10.5. The molecule has 0 saturated carbocycles. The number of benzene rings is 1. The van der Waals surface area contributed by atoms with Gasteiger partial charge in [0, 0.05) is 37.6 Å². The summed E-state index contributed by atoms with van der Waals surface area (Å²) < 4.78 is 8.99. The maximum atomic E-state index is 12.9. The van der Waals surface area contributed by atoms with Crippen LogP contribution < -0.4 is 5.32 Å². The first-order valence-corrected chi connectivity index (χ1v) is 10.5. The van der Waals surface area contributed by atoms with Crippen LogP contribution in [0, 0.1) is 6.92 Å². The number of nitrogens with one attached hydrogen (secondary N) is 1. The van der Waals surface area contributed by atoms with Crippen molar-refractivity contribution in [2.45, 2.75) is 25.7 Å². The van der Waals surface area contributed by atoms with Gasteiger partial charge in [0.2, 0.25) is 0 Å². The summed E-state index contributed by atoms with van der Waals surface area (Å²) in [4.78, 5) is 17.2. The molecule has 4 aromatic rings. The molecule has 0 aliphatic carbocycles. The van der Waals surface area contributed by atoms with Crippen LogP contribution in [-0.4, -0.2) is 49.9 Å². The highest BCUT2D eigenvalue weighted by molar-refractivity contribution is 6.03. The molecule has 0 unspecified atom stereocenters. The van der Waals surface area contributed by atoms with Gasteiger partial charge < -0.3 is 10.1 Å². The van der Waals surface area contributed by atoms with Crippen molar-refractivity contribution in [1.82, 2.24) is 24.4 Å². The zero-order chi connectivity index (χ0) is 21.2. The molecule has 1 saturated heterocycles. The van der Waals surface area contributed by atoms with E-state index in [2.05, 4.69) is 40.5 Å². The lowest BCUT2D eigenvalue weighted by Crippen LogP contribution is -2.16. The van der Waals surface area contributed by atoms with Crippen LogP contribution in [0.2, 0.25) is 0 Å². The Bertz CT molecular complexity index is 1200. The van der Waals surface area contributed by atoms with Crippen molar-refractivity contribution in [3.63, 3.8) is 0 Å². The number of carbonyl (C=O) groups is 1. The summed E-state index contributed by atoms with van der Waals surface area (Å²) in [6.07, 6.45) is 6.92. The monoisotopic (exact) mass is 416 g/mol. The average molecular weight is 416 g/mol. The minimum atomic E-state index is -0.0713. The van der Waals surface area contributed by atoms with Gasteiger partial charge in [-0.05, 0) is 38.0 Å². The van der Waals surface area contributed by atoms with E-state index in [1.54, 1.807) is 29.2 Å². The molecule has 0 amide bonds. The van der Waals surface area contributed by atoms with Crippen molar-refractivity contribution in [1.29, 1.82) is 0 Å². The molecule has 5 rings (SSSR count). The maximum absolute atomic E-state index is 12.9. The average Bonchev–Trinajstić information content (AvgIpc) is 3.43. The number of Topliss-reactive ketones (excluding diaryl/α,β-unsaturated/α-hetero) is 1. The van der Waals surface area contributed by atoms with Gasteiger partial charge in [-0.1, -0.05) is 17.7 Å². The Balaban J connectivity index is 1.42. The molecular formula is C23H24N6O2. The summed E-state index contributed by atoms with van der Waals surface area (Å²) in [6.45, 7) is 3.70. The Morgan fingerprint density at radius 1 is 1.23 bits per heavy atom. The minimum Gasteiger partial charge on any atom is -0.381 e. The predicted octanol–water partition coefficient (Wildman–Crippen LogP) is 3.41. The van der Waals surface area contributed by atoms with Crippen LogP contribution in [0.25, 0.3) is 11.3 Å². The topological polar surface area (TPSA) is 86.3 Å². The second kappa shape index (κ2) is 8.31. The summed E-state index contributed by atoms with van der Waals surface area (Å²) in [5.41, 5.74) is 4.22. The zero-order valence-corrected chi connectivity index (χ0v) is 17.4. The minimum absolute atomic E-state index is 0.0713. The van der Waals surface area contributed by atoms with Crippen LogP contribution >= 0.6 is 0 Å². The van der Waals surface area contributed by atoms with Crippen LogP contribution in [0.15, 0.2) is 55.0 Å². The number of fused-ring (bicyclic) bond motifs is 1. The number of hydrogen-bond donors (Lipinski definition) is 1. The molecule has 8 heteroatoms.